The predicted octanol–water partition coefficient (Wildman–Crippen LogP) is 2.17. The van der Waals surface area contributed by atoms with Crippen LogP contribution in [0.5, 0.6) is 0 Å². The quantitative estimate of drug-likeness (QED) is 0.482. The Bertz CT molecular complexity index is 95.6. The highest BCUT2D eigenvalue weighted by atomic mass is 14.6. The Morgan fingerprint density at radius 2 is 1.88 bits per heavy atom. The number of hydrogen-bond donors (Lipinski definition) is 0. The summed E-state index contributed by atoms with van der Waals surface area (Å²) >= 11 is 0. The van der Waals surface area contributed by atoms with Gasteiger partial charge in [-0.05, 0) is 19.9 Å². The van der Waals surface area contributed by atoms with Crippen LogP contribution in [0.2, 0.25) is 0 Å². The van der Waals surface area contributed by atoms with Gasteiger partial charge < -0.3 is 0 Å². The Morgan fingerprint density at radius 1 is 1.12 bits per heavy atom. The second-order valence-corrected chi connectivity index (χ2v) is 1.31. The van der Waals surface area contributed by atoms with Gasteiger partial charge in [-0.3, -0.25) is 4.99 Å². The lowest BCUT2D eigenvalue weighted by molar-refractivity contribution is 1.55. The molecule has 0 fully saturated rings. The van der Waals surface area contributed by atoms with Gasteiger partial charge in [0.25, 0.3) is 0 Å². The normalized spacial score (nSPS) is 12.8. The molecule has 0 spiro atoms. The molecule has 1 heteroatoms. The van der Waals surface area contributed by atoms with E-state index in [1.54, 1.807) is 12.4 Å². The van der Waals surface area contributed by atoms with Gasteiger partial charge in [0.15, 0.2) is 0 Å². The van der Waals surface area contributed by atoms with Crippen molar-refractivity contribution in [2.24, 2.45) is 4.99 Å². The van der Waals surface area contributed by atoms with Gasteiger partial charge in [0.1, 0.15) is 0 Å². The molecule has 0 heterocycles. The fourth-order valence-electron chi connectivity index (χ4n) is 0.272. The van der Waals surface area contributed by atoms with Crippen LogP contribution in [0.25, 0.3) is 0 Å². The van der Waals surface area contributed by atoms with Gasteiger partial charge in [0.05, 0.1) is 0 Å². The maximum Gasteiger partial charge on any atom is 0.0264 e. The fraction of sp³-hybridized carbons (Fsp3) is 0.286. The van der Waals surface area contributed by atoms with Crippen molar-refractivity contribution in [2.75, 3.05) is 0 Å². The zero-order chi connectivity index (χ0) is 6.24. The summed E-state index contributed by atoms with van der Waals surface area (Å²) in [5.74, 6) is 0. The number of nitrogens with zero attached hydrogens (tertiary/aromatic N) is 1. The van der Waals surface area contributed by atoms with Crippen LogP contribution >= 0.6 is 0 Å². The average molecular weight is 109 g/mol. The van der Waals surface area contributed by atoms with E-state index in [1.165, 1.54) is 0 Å². The Balaban J connectivity index is 3.35. The highest BCUT2D eigenvalue weighted by Gasteiger charge is 1.55. The molecule has 0 aromatic carbocycles. The minimum absolute atomic E-state index is 1.75. The summed E-state index contributed by atoms with van der Waals surface area (Å²) in [6, 6.07) is 0. The molecule has 1 nitrogen and oxygen atoms in total. The van der Waals surface area contributed by atoms with Gasteiger partial charge >= 0.3 is 0 Å². The van der Waals surface area contributed by atoms with Gasteiger partial charge in [0, 0.05) is 12.4 Å². The molecule has 0 unspecified atom stereocenters. The van der Waals surface area contributed by atoms with Crippen LogP contribution in [0, 0.1) is 0 Å². The molecule has 0 aromatic rings. The van der Waals surface area contributed by atoms with Crippen molar-refractivity contribution in [3.8, 4) is 0 Å². The van der Waals surface area contributed by atoms with E-state index in [0.29, 0.717) is 0 Å². The summed E-state index contributed by atoms with van der Waals surface area (Å²) in [6.07, 6.45) is 9.22. The van der Waals surface area contributed by atoms with Crippen molar-refractivity contribution in [2.45, 2.75) is 13.8 Å². The summed E-state index contributed by atoms with van der Waals surface area (Å²) < 4.78 is 0. The number of rotatable bonds is 2. The molecule has 0 N–H and O–H groups in total. The highest BCUT2D eigenvalue weighted by molar-refractivity contribution is 5.71. The van der Waals surface area contributed by atoms with E-state index in [4.69, 9.17) is 0 Å². The molecule has 0 amide bonds. The first kappa shape index (κ1) is 7.15. The van der Waals surface area contributed by atoms with Crippen LogP contribution in [-0.2, 0) is 0 Å². The average Bonchev–Trinajstić information content (AvgIpc) is 1.81. The summed E-state index contributed by atoms with van der Waals surface area (Å²) in [6.45, 7) is 3.90. The molecule has 0 radical (unpaired) electrons. The molecule has 0 aliphatic rings. The van der Waals surface area contributed by atoms with Crippen molar-refractivity contribution in [3.63, 3.8) is 0 Å². The lowest BCUT2D eigenvalue weighted by Crippen LogP contribution is -1.57. The van der Waals surface area contributed by atoms with Crippen LogP contribution in [0.4, 0.5) is 0 Å². The van der Waals surface area contributed by atoms with E-state index in [0.717, 1.165) is 0 Å². The molecule has 0 rings (SSSR count). The second-order valence-electron chi connectivity index (χ2n) is 1.31. The summed E-state index contributed by atoms with van der Waals surface area (Å²) in [5, 5.41) is 0. The maximum absolute atomic E-state index is 3.89. The molecule has 0 atom stereocenters. The molecule has 0 aliphatic carbocycles. The molecule has 44 valence electrons. The summed E-state index contributed by atoms with van der Waals surface area (Å²) in [5.41, 5.74) is 0. The minimum Gasteiger partial charge on any atom is -0.265 e. The van der Waals surface area contributed by atoms with Crippen LogP contribution in [0.15, 0.2) is 29.4 Å². The van der Waals surface area contributed by atoms with E-state index < -0.39 is 0 Å². The first-order valence-electron chi connectivity index (χ1n) is 2.67. The van der Waals surface area contributed by atoms with Crippen molar-refractivity contribution in [1.82, 2.24) is 0 Å². The van der Waals surface area contributed by atoms with Crippen LogP contribution in [0.1, 0.15) is 13.8 Å². The lowest BCUT2D eigenvalue weighted by Gasteiger charge is -1.69. The van der Waals surface area contributed by atoms with Crippen LogP contribution in [-0.4, -0.2) is 6.21 Å². The highest BCUT2D eigenvalue weighted by Crippen LogP contribution is 1.71. The van der Waals surface area contributed by atoms with Gasteiger partial charge in [0.2, 0.25) is 0 Å². The smallest absolute Gasteiger partial charge is 0.0264 e. The zero-order valence-corrected chi connectivity index (χ0v) is 5.33. The third-order valence-corrected chi connectivity index (χ3v) is 0.600. The van der Waals surface area contributed by atoms with Crippen molar-refractivity contribution < 1.29 is 0 Å². The summed E-state index contributed by atoms with van der Waals surface area (Å²) in [4.78, 5) is 3.89. The SMILES string of the molecule is C\C=C/N=C/C=C/C. The third-order valence-electron chi connectivity index (χ3n) is 0.600. The molecule has 0 aromatic heterocycles. The van der Waals surface area contributed by atoms with Gasteiger partial charge in [-0.2, -0.15) is 0 Å². The van der Waals surface area contributed by atoms with Gasteiger partial charge in [-0.15, -0.1) is 0 Å². The largest absolute Gasteiger partial charge is 0.265 e. The summed E-state index contributed by atoms with van der Waals surface area (Å²) in [7, 11) is 0. The van der Waals surface area contributed by atoms with Crippen molar-refractivity contribution >= 4 is 6.21 Å². The van der Waals surface area contributed by atoms with E-state index in [-0.39, 0.29) is 0 Å². The molecular weight excluding hydrogens is 98.1 g/mol. The van der Waals surface area contributed by atoms with Crippen LogP contribution < -0.4 is 0 Å². The molecule has 0 saturated heterocycles. The third kappa shape index (κ3) is 5.15. The van der Waals surface area contributed by atoms with Gasteiger partial charge in [-0.25, -0.2) is 0 Å². The Kier molecular flexibility index (Phi) is 5.50. The fourth-order valence-corrected chi connectivity index (χ4v) is 0.272. The Morgan fingerprint density at radius 3 is 2.38 bits per heavy atom. The standard InChI is InChI=1S/C7H11N/c1-3-5-7-8-6-4-2/h3-7H,1-2H3/b5-3+,6-4-,8-7+. The van der Waals surface area contributed by atoms with E-state index in [1.807, 2.05) is 32.1 Å². The van der Waals surface area contributed by atoms with E-state index in [9.17, 15) is 0 Å². The molecule has 0 bridgehead atoms. The minimum atomic E-state index is 1.75. The predicted molar refractivity (Wildman–Crippen MR) is 38.1 cm³/mol. The topological polar surface area (TPSA) is 12.4 Å². The van der Waals surface area contributed by atoms with E-state index in [2.05, 4.69) is 4.99 Å². The number of hydrogen-bond acceptors (Lipinski definition) is 1. The molecular formula is C7H11N. The first-order valence-corrected chi connectivity index (χ1v) is 2.67. The Labute approximate surface area is 50.4 Å². The lowest BCUT2D eigenvalue weighted by atomic mass is 10.6. The van der Waals surface area contributed by atoms with Gasteiger partial charge in [-0.1, -0.05) is 12.2 Å². The second kappa shape index (κ2) is 6.15. The monoisotopic (exact) mass is 109 g/mol. The van der Waals surface area contributed by atoms with Crippen molar-refractivity contribution in [1.29, 1.82) is 0 Å². The molecule has 0 aliphatic heterocycles. The molecule has 8 heavy (non-hydrogen) atoms. The number of aliphatic imine (C=N–C) groups is 1. The maximum atomic E-state index is 3.89. The zero-order valence-electron chi connectivity index (χ0n) is 5.33. The van der Waals surface area contributed by atoms with Crippen LogP contribution in [0.3, 0.4) is 0 Å². The first-order chi connectivity index (χ1) is 3.91. The Hall–Kier alpha value is -0.850. The van der Waals surface area contributed by atoms with E-state index >= 15 is 0 Å². The number of allylic oxidation sites excluding steroid dienone is 3. The van der Waals surface area contributed by atoms with Crippen molar-refractivity contribution in [3.05, 3.63) is 24.4 Å². The molecule has 0 saturated carbocycles.